The Hall–Kier alpha value is -3.19. The Balaban J connectivity index is 1.67. The van der Waals surface area contributed by atoms with Crippen LogP contribution in [0.5, 0.6) is 11.5 Å². The summed E-state index contributed by atoms with van der Waals surface area (Å²) in [7, 11) is 0. The molecule has 0 atom stereocenters. The van der Waals surface area contributed by atoms with Gasteiger partial charge in [0.1, 0.15) is 11.5 Å². The first-order valence-electron chi connectivity index (χ1n) is 11.2. The molecule has 0 radical (unpaired) electrons. The molecular weight excluding hydrogens is 406 g/mol. The monoisotopic (exact) mass is 437 g/mol. The van der Waals surface area contributed by atoms with Gasteiger partial charge < -0.3 is 29.4 Å². The number of carbonyl (C=O) groups is 1. The third kappa shape index (κ3) is 4.39. The number of nitrogens with zero attached hydrogens (tertiary/aromatic N) is 1. The van der Waals surface area contributed by atoms with Crippen LogP contribution in [-0.4, -0.2) is 50.4 Å². The minimum atomic E-state index is -0.187. The van der Waals surface area contributed by atoms with Crippen molar-refractivity contribution in [3.8, 4) is 11.5 Å². The number of nitrogens with one attached hydrogen (secondary N) is 2. The van der Waals surface area contributed by atoms with Gasteiger partial charge in [0, 0.05) is 47.4 Å². The molecule has 1 aliphatic heterocycles. The van der Waals surface area contributed by atoms with E-state index >= 15 is 0 Å². The van der Waals surface area contributed by atoms with Gasteiger partial charge in [0.25, 0.3) is 5.91 Å². The van der Waals surface area contributed by atoms with Crippen LogP contribution in [0.1, 0.15) is 35.5 Å². The Morgan fingerprint density at radius 1 is 1.06 bits per heavy atom. The average molecular weight is 438 g/mol. The van der Waals surface area contributed by atoms with Crippen LogP contribution in [0.3, 0.4) is 0 Å². The number of aryl methyl sites for hydroxylation is 2. The molecule has 1 aromatic heterocycles. The maximum atomic E-state index is 13.1. The van der Waals surface area contributed by atoms with E-state index in [1.54, 1.807) is 0 Å². The summed E-state index contributed by atoms with van der Waals surface area (Å²) in [6.07, 6.45) is 0. The Kier molecular flexibility index (Phi) is 6.55. The van der Waals surface area contributed by atoms with Crippen molar-refractivity contribution < 1.29 is 19.0 Å². The molecule has 2 aromatic carbocycles. The highest BCUT2D eigenvalue weighted by Gasteiger charge is 2.21. The number of H-pyrrole nitrogens is 1. The molecule has 3 aromatic rings. The van der Waals surface area contributed by atoms with Crippen LogP contribution in [0.25, 0.3) is 10.9 Å². The van der Waals surface area contributed by atoms with E-state index in [1.165, 1.54) is 0 Å². The summed E-state index contributed by atoms with van der Waals surface area (Å²) in [6.45, 7) is 11.9. The summed E-state index contributed by atoms with van der Waals surface area (Å²) in [5, 5.41) is 4.09. The van der Waals surface area contributed by atoms with Crippen LogP contribution in [0.2, 0.25) is 0 Å². The fraction of sp³-hybridized carbons (Fsp3) is 0.400. The van der Waals surface area contributed by atoms with E-state index in [9.17, 15) is 4.79 Å². The van der Waals surface area contributed by atoms with Crippen LogP contribution in [0.15, 0.2) is 30.3 Å². The Morgan fingerprint density at radius 2 is 1.78 bits per heavy atom. The van der Waals surface area contributed by atoms with Crippen molar-refractivity contribution in [1.82, 2.24) is 4.98 Å². The lowest BCUT2D eigenvalue weighted by atomic mass is 10.1. The van der Waals surface area contributed by atoms with Crippen molar-refractivity contribution in [2.45, 2.75) is 27.7 Å². The Labute approximate surface area is 188 Å². The standard InChI is InChI=1S/C25H31N3O4/c1-5-31-23-15-22(28-9-11-30-12-10-28)24(32-6-2)14-21(23)27-25(29)18-7-8-20-19(13-18)16(3)17(4)26-20/h7-8,13-15,26H,5-6,9-12H2,1-4H3,(H,27,29). The molecule has 0 saturated carbocycles. The van der Waals surface area contributed by atoms with Crippen molar-refractivity contribution >= 4 is 28.2 Å². The Morgan fingerprint density at radius 3 is 2.50 bits per heavy atom. The lowest BCUT2D eigenvalue weighted by Gasteiger charge is -2.31. The number of benzene rings is 2. The quantitative estimate of drug-likeness (QED) is 0.562. The van der Waals surface area contributed by atoms with Crippen LogP contribution >= 0.6 is 0 Å². The van der Waals surface area contributed by atoms with Crippen molar-refractivity contribution in [1.29, 1.82) is 0 Å². The Bertz CT molecular complexity index is 1120. The third-order valence-corrected chi connectivity index (χ3v) is 5.83. The van der Waals surface area contributed by atoms with Gasteiger partial charge in [0.05, 0.1) is 37.8 Å². The molecule has 170 valence electrons. The molecule has 1 aliphatic rings. The zero-order valence-corrected chi connectivity index (χ0v) is 19.2. The lowest BCUT2D eigenvalue weighted by Crippen LogP contribution is -2.36. The molecule has 0 aliphatic carbocycles. The van der Waals surface area contributed by atoms with Gasteiger partial charge in [-0.2, -0.15) is 0 Å². The first-order chi connectivity index (χ1) is 15.5. The largest absolute Gasteiger partial charge is 0.492 e. The number of rotatable bonds is 7. The predicted octanol–water partition coefficient (Wildman–Crippen LogP) is 4.67. The molecule has 1 amide bonds. The number of fused-ring (bicyclic) bond motifs is 1. The molecule has 7 nitrogen and oxygen atoms in total. The van der Waals surface area contributed by atoms with E-state index in [4.69, 9.17) is 14.2 Å². The van der Waals surface area contributed by atoms with Gasteiger partial charge in [0.2, 0.25) is 0 Å². The SMILES string of the molecule is CCOc1cc(N2CCOCC2)c(OCC)cc1NC(=O)c1ccc2[nH]c(C)c(C)c2c1. The smallest absolute Gasteiger partial charge is 0.255 e. The second-order valence-electron chi connectivity index (χ2n) is 7.87. The zero-order valence-electron chi connectivity index (χ0n) is 19.2. The molecule has 0 bridgehead atoms. The van der Waals surface area contributed by atoms with Crippen LogP contribution in [-0.2, 0) is 4.74 Å². The second kappa shape index (κ2) is 9.53. The molecule has 1 saturated heterocycles. The van der Waals surface area contributed by atoms with Gasteiger partial charge in [-0.3, -0.25) is 4.79 Å². The maximum Gasteiger partial charge on any atom is 0.255 e. The number of morpholine rings is 1. The minimum absolute atomic E-state index is 0.187. The van der Waals surface area contributed by atoms with Crippen LogP contribution in [0.4, 0.5) is 11.4 Å². The van der Waals surface area contributed by atoms with Crippen molar-refractivity contribution in [2.75, 3.05) is 49.7 Å². The van der Waals surface area contributed by atoms with Gasteiger partial charge in [0.15, 0.2) is 0 Å². The molecule has 0 unspecified atom stereocenters. The summed E-state index contributed by atoms with van der Waals surface area (Å²) >= 11 is 0. The predicted molar refractivity (Wildman–Crippen MR) is 128 cm³/mol. The summed E-state index contributed by atoms with van der Waals surface area (Å²) in [5.74, 6) is 1.16. The zero-order chi connectivity index (χ0) is 22.7. The number of hydrogen-bond acceptors (Lipinski definition) is 5. The average Bonchev–Trinajstić information content (AvgIpc) is 3.09. The number of anilines is 2. The van der Waals surface area contributed by atoms with Gasteiger partial charge >= 0.3 is 0 Å². The summed E-state index contributed by atoms with van der Waals surface area (Å²) in [4.78, 5) is 18.7. The third-order valence-electron chi connectivity index (χ3n) is 5.83. The van der Waals surface area contributed by atoms with E-state index in [0.717, 1.165) is 46.7 Å². The lowest BCUT2D eigenvalue weighted by molar-refractivity contribution is 0.102. The molecular formula is C25H31N3O4. The first-order valence-corrected chi connectivity index (χ1v) is 11.2. The second-order valence-corrected chi connectivity index (χ2v) is 7.87. The molecule has 1 fully saturated rings. The summed E-state index contributed by atoms with van der Waals surface area (Å²) in [6, 6.07) is 9.52. The number of ether oxygens (including phenoxy) is 3. The van der Waals surface area contributed by atoms with E-state index in [-0.39, 0.29) is 5.91 Å². The molecule has 2 N–H and O–H groups in total. The minimum Gasteiger partial charge on any atom is -0.492 e. The van der Waals surface area contributed by atoms with Crippen molar-refractivity contribution in [3.05, 3.63) is 47.2 Å². The topological polar surface area (TPSA) is 75.8 Å². The van der Waals surface area contributed by atoms with E-state index < -0.39 is 0 Å². The number of carbonyl (C=O) groups excluding carboxylic acids is 1. The van der Waals surface area contributed by atoms with Crippen LogP contribution < -0.4 is 19.7 Å². The molecule has 7 heteroatoms. The summed E-state index contributed by atoms with van der Waals surface area (Å²) in [5.41, 5.74) is 5.43. The number of amides is 1. The molecule has 2 heterocycles. The fourth-order valence-corrected chi connectivity index (χ4v) is 4.04. The molecule has 32 heavy (non-hydrogen) atoms. The fourth-order valence-electron chi connectivity index (χ4n) is 4.04. The van der Waals surface area contributed by atoms with Gasteiger partial charge in [-0.25, -0.2) is 0 Å². The van der Waals surface area contributed by atoms with Crippen molar-refractivity contribution in [3.63, 3.8) is 0 Å². The molecule has 0 spiro atoms. The van der Waals surface area contributed by atoms with E-state index in [1.807, 2.05) is 51.1 Å². The highest BCUT2D eigenvalue weighted by Crippen LogP contribution is 2.39. The van der Waals surface area contributed by atoms with Gasteiger partial charge in [-0.15, -0.1) is 0 Å². The highest BCUT2D eigenvalue weighted by atomic mass is 16.5. The number of aromatic nitrogens is 1. The summed E-state index contributed by atoms with van der Waals surface area (Å²) < 4.78 is 17.3. The molecule has 4 rings (SSSR count). The van der Waals surface area contributed by atoms with Crippen LogP contribution in [0, 0.1) is 13.8 Å². The van der Waals surface area contributed by atoms with E-state index in [2.05, 4.69) is 22.1 Å². The van der Waals surface area contributed by atoms with E-state index in [0.29, 0.717) is 43.4 Å². The number of hydrogen-bond donors (Lipinski definition) is 2. The highest BCUT2D eigenvalue weighted by molar-refractivity contribution is 6.07. The van der Waals surface area contributed by atoms with Gasteiger partial charge in [-0.1, -0.05) is 0 Å². The number of aromatic amines is 1. The maximum absolute atomic E-state index is 13.1. The normalized spacial score (nSPS) is 13.9. The van der Waals surface area contributed by atoms with Crippen molar-refractivity contribution in [2.24, 2.45) is 0 Å². The van der Waals surface area contributed by atoms with Gasteiger partial charge in [-0.05, 0) is 51.5 Å². The first kappa shape index (κ1) is 22.0.